The number of furan rings is 1. The van der Waals surface area contributed by atoms with Gasteiger partial charge >= 0.3 is 0 Å². The summed E-state index contributed by atoms with van der Waals surface area (Å²) in [5.41, 5.74) is 4.55. The Kier molecular flexibility index (Phi) is 3.21. The maximum Gasteiger partial charge on any atom is 0.185 e. The highest BCUT2D eigenvalue weighted by Crippen LogP contribution is 2.29. The molecule has 2 nitrogen and oxygen atoms in total. The summed E-state index contributed by atoms with van der Waals surface area (Å²) in [5.74, 6) is 1.06. The van der Waals surface area contributed by atoms with Gasteiger partial charge in [0.1, 0.15) is 5.76 Å². The molecule has 1 aromatic heterocycles. The highest BCUT2D eigenvalue weighted by molar-refractivity contribution is 5.75. The predicted octanol–water partition coefficient (Wildman–Crippen LogP) is 4.73. The summed E-state index contributed by atoms with van der Waals surface area (Å²) in [7, 11) is 0. The van der Waals surface area contributed by atoms with Gasteiger partial charge in [-0.1, -0.05) is 42.5 Å². The van der Waals surface area contributed by atoms with E-state index in [1.54, 1.807) is 6.07 Å². The van der Waals surface area contributed by atoms with Crippen LogP contribution in [0.3, 0.4) is 0 Å². The topological polar surface area (TPSA) is 30.2 Å². The molecular formula is C18H14O2. The largest absolute Gasteiger partial charge is 0.453 e. The second-order valence-electron chi connectivity index (χ2n) is 4.72. The highest BCUT2D eigenvalue weighted by Gasteiger charge is 2.07. The molecule has 2 aromatic carbocycles. The van der Waals surface area contributed by atoms with Crippen LogP contribution in [0.25, 0.3) is 22.5 Å². The number of carbonyl (C=O) groups excluding carboxylic acids is 1. The van der Waals surface area contributed by atoms with E-state index >= 15 is 0 Å². The zero-order valence-corrected chi connectivity index (χ0v) is 11.2. The molecule has 1 heterocycles. The van der Waals surface area contributed by atoms with Crippen LogP contribution in [0.1, 0.15) is 16.1 Å². The standard InChI is InChI=1S/C18H14O2/c1-13-5-2-3-8-17(13)14-6-4-7-15(11-14)18-10-9-16(12-19)20-18/h2-12H,1H3. The van der Waals surface area contributed by atoms with Crippen LogP contribution in [0.5, 0.6) is 0 Å². The predicted molar refractivity (Wildman–Crippen MR) is 79.7 cm³/mol. The zero-order chi connectivity index (χ0) is 13.9. The van der Waals surface area contributed by atoms with Gasteiger partial charge in [-0.2, -0.15) is 0 Å². The number of benzene rings is 2. The van der Waals surface area contributed by atoms with Crippen LogP contribution in [0.2, 0.25) is 0 Å². The van der Waals surface area contributed by atoms with Crippen molar-refractivity contribution in [2.45, 2.75) is 6.92 Å². The van der Waals surface area contributed by atoms with E-state index in [4.69, 9.17) is 4.42 Å². The molecule has 0 aliphatic heterocycles. The zero-order valence-electron chi connectivity index (χ0n) is 11.2. The Morgan fingerprint density at radius 1 is 0.900 bits per heavy atom. The summed E-state index contributed by atoms with van der Waals surface area (Å²) in [6, 6.07) is 19.9. The fraction of sp³-hybridized carbons (Fsp3) is 0.0556. The Morgan fingerprint density at radius 2 is 1.70 bits per heavy atom. The van der Waals surface area contributed by atoms with E-state index in [2.05, 4.69) is 31.2 Å². The molecule has 98 valence electrons. The van der Waals surface area contributed by atoms with Gasteiger partial charge in [-0.05, 0) is 41.8 Å². The van der Waals surface area contributed by atoms with Crippen LogP contribution in [-0.4, -0.2) is 6.29 Å². The van der Waals surface area contributed by atoms with E-state index in [-0.39, 0.29) is 0 Å². The van der Waals surface area contributed by atoms with E-state index in [1.165, 1.54) is 11.1 Å². The van der Waals surface area contributed by atoms with Crippen molar-refractivity contribution in [1.82, 2.24) is 0 Å². The minimum atomic E-state index is 0.348. The molecule has 0 radical (unpaired) electrons. The second kappa shape index (κ2) is 5.17. The van der Waals surface area contributed by atoms with E-state index < -0.39 is 0 Å². The Labute approximate surface area is 117 Å². The Hall–Kier alpha value is -2.61. The quantitative estimate of drug-likeness (QED) is 0.638. The SMILES string of the molecule is Cc1ccccc1-c1cccc(-c2ccc(C=O)o2)c1. The van der Waals surface area contributed by atoms with Crippen LogP contribution in [0, 0.1) is 6.92 Å². The number of aryl methyl sites for hydroxylation is 1. The molecule has 0 atom stereocenters. The minimum Gasteiger partial charge on any atom is -0.453 e. The second-order valence-corrected chi connectivity index (χ2v) is 4.72. The van der Waals surface area contributed by atoms with Crippen molar-refractivity contribution in [3.63, 3.8) is 0 Å². The molecule has 3 aromatic rings. The third-order valence-corrected chi connectivity index (χ3v) is 3.35. The van der Waals surface area contributed by atoms with Crippen molar-refractivity contribution in [2.24, 2.45) is 0 Å². The minimum absolute atomic E-state index is 0.348. The Morgan fingerprint density at radius 3 is 2.45 bits per heavy atom. The lowest BCUT2D eigenvalue weighted by molar-refractivity contribution is 0.110. The maximum absolute atomic E-state index is 10.7. The number of aldehydes is 1. The van der Waals surface area contributed by atoms with Gasteiger partial charge in [0.05, 0.1) is 0 Å². The van der Waals surface area contributed by atoms with E-state index in [0.29, 0.717) is 17.8 Å². The lowest BCUT2D eigenvalue weighted by Gasteiger charge is -2.07. The third kappa shape index (κ3) is 2.28. The number of hydrogen-bond donors (Lipinski definition) is 0. The molecule has 0 saturated heterocycles. The Bertz CT molecular complexity index is 753. The number of carbonyl (C=O) groups is 1. The first-order chi connectivity index (χ1) is 9.78. The smallest absolute Gasteiger partial charge is 0.185 e. The molecule has 20 heavy (non-hydrogen) atoms. The van der Waals surface area contributed by atoms with Gasteiger partial charge < -0.3 is 4.42 Å². The summed E-state index contributed by atoms with van der Waals surface area (Å²) in [5, 5.41) is 0. The van der Waals surface area contributed by atoms with Crippen molar-refractivity contribution in [1.29, 1.82) is 0 Å². The summed E-state index contributed by atoms with van der Waals surface area (Å²) < 4.78 is 5.47. The number of hydrogen-bond acceptors (Lipinski definition) is 2. The van der Waals surface area contributed by atoms with Gasteiger partial charge in [0.15, 0.2) is 12.0 Å². The average molecular weight is 262 g/mol. The lowest BCUT2D eigenvalue weighted by Crippen LogP contribution is -1.83. The van der Waals surface area contributed by atoms with Gasteiger partial charge in [0.2, 0.25) is 0 Å². The molecule has 0 saturated carbocycles. The lowest BCUT2D eigenvalue weighted by atomic mass is 9.98. The van der Waals surface area contributed by atoms with Gasteiger partial charge in [-0.3, -0.25) is 4.79 Å². The molecule has 3 rings (SSSR count). The van der Waals surface area contributed by atoms with Gasteiger partial charge in [-0.15, -0.1) is 0 Å². The van der Waals surface area contributed by atoms with E-state index in [1.807, 2.05) is 30.3 Å². The van der Waals surface area contributed by atoms with Gasteiger partial charge in [0.25, 0.3) is 0 Å². The number of rotatable bonds is 3. The summed E-state index contributed by atoms with van der Waals surface area (Å²) >= 11 is 0. The molecule has 0 aliphatic carbocycles. The fourth-order valence-corrected chi connectivity index (χ4v) is 2.31. The third-order valence-electron chi connectivity index (χ3n) is 3.35. The fourth-order valence-electron chi connectivity index (χ4n) is 2.31. The van der Waals surface area contributed by atoms with Crippen molar-refractivity contribution >= 4 is 6.29 Å². The first kappa shape index (κ1) is 12.4. The van der Waals surface area contributed by atoms with Gasteiger partial charge in [0, 0.05) is 5.56 Å². The summed E-state index contributed by atoms with van der Waals surface area (Å²) in [6.07, 6.45) is 0.717. The van der Waals surface area contributed by atoms with Crippen molar-refractivity contribution < 1.29 is 9.21 Å². The van der Waals surface area contributed by atoms with Crippen molar-refractivity contribution in [3.8, 4) is 22.5 Å². The first-order valence-corrected chi connectivity index (χ1v) is 6.49. The van der Waals surface area contributed by atoms with Crippen LogP contribution >= 0.6 is 0 Å². The van der Waals surface area contributed by atoms with E-state index in [9.17, 15) is 4.79 Å². The highest BCUT2D eigenvalue weighted by atomic mass is 16.3. The van der Waals surface area contributed by atoms with Crippen LogP contribution in [0.4, 0.5) is 0 Å². The van der Waals surface area contributed by atoms with Crippen LogP contribution in [-0.2, 0) is 0 Å². The average Bonchev–Trinajstić information content (AvgIpc) is 2.97. The summed E-state index contributed by atoms with van der Waals surface area (Å²) in [4.78, 5) is 10.7. The van der Waals surface area contributed by atoms with E-state index in [0.717, 1.165) is 11.1 Å². The molecule has 0 N–H and O–H groups in total. The monoisotopic (exact) mass is 262 g/mol. The molecule has 2 heteroatoms. The molecule has 0 unspecified atom stereocenters. The van der Waals surface area contributed by atoms with Gasteiger partial charge in [-0.25, -0.2) is 0 Å². The molecule has 0 amide bonds. The maximum atomic E-state index is 10.7. The molecular weight excluding hydrogens is 248 g/mol. The molecule has 0 bridgehead atoms. The molecule has 0 spiro atoms. The molecule has 0 fully saturated rings. The van der Waals surface area contributed by atoms with Crippen LogP contribution in [0.15, 0.2) is 65.1 Å². The van der Waals surface area contributed by atoms with Crippen LogP contribution < -0.4 is 0 Å². The summed E-state index contributed by atoms with van der Waals surface area (Å²) in [6.45, 7) is 2.10. The van der Waals surface area contributed by atoms with Crippen molar-refractivity contribution in [2.75, 3.05) is 0 Å². The first-order valence-electron chi connectivity index (χ1n) is 6.49. The normalized spacial score (nSPS) is 10.4. The Balaban J connectivity index is 2.06. The molecule has 0 aliphatic rings. The van der Waals surface area contributed by atoms with Crippen molar-refractivity contribution in [3.05, 3.63) is 72.0 Å².